The zero-order chi connectivity index (χ0) is 14.4. The Morgan fingerprint density at radius 2 is 1.84 bits per heavy atom. The van der Waals surface area contributed by atoms with Crippen LogP contribution in [0, 0.1) is 17.0 Å². The highest BCUT2D eigenvalue weighted by atomic mass is 16.6. The molecule has 0 aliphatic heterocycles. The molecule has 1 amide bonds. The van der Waals surface area contributed by atoms with Gasteiger partial charge in [-0.15, -0.1) is 0 Å². The minimum atomic E-state index is -0.490. The lowest BCUT2D eigenvalue weighted by Gasteiger charge is -2.21. The molecule has 0 saturated carbocycles. The lowest BCUT2D eigenvalue weighted by Crippen LogP contribution is -2.32. The van der Waals surface area contributed by atoms with Gasteiger partial charge in [0, 0.05) is 19.2 Å². The molecule has 0 aliphatic carbocycles. The number of benzene rings is 1. The van der Waals surface area contributed by atoms with Gasteiger partial charge in [0.1, 0.15) is 5.56 Å². The van der Waals surface area contributed by atoms with Gasteiger partial charge in [0.05, 0.1) is 4.92 Å². The summed E-state index contributed by atoms with van der Waals surface area (Å²) in [6.07, 6.45) is 1.68. The SMILES string of the molecule is CCCN(CCC)C(=O)c1ccc(C)cc1[N+](=O)[O-]. The minimum Gasteiger partial charge on any atom is -0.338 e. The van der Waals surface area contributed by atoms with Crippen molar-refractivity contribution in [1.29, 1.82) is 0 Å². The molecule has 0 unspecified atom stereocenters. The fraction of sp³-hybridized carbons (Fsp3) is 0.500. The minimum absolute atomic E-state index is 0.109. The predicted octanol–water partition coefficient (Wildman–Crippen LogP) is 3.17. The number of hydrogen-bond acceptors (Lipinski definition) is 3. The molecule has 5 nitrogen and oxygen atoms in total. The molecule has 0 bridgehead atoms. The first-order chi connectivity index (χ1) is 9.01. The largest absolute Gasteiger partial charge is 0.338 e. The van der Waals surface area contributed by atoms with Crippen LogP contribution in [0.25, 0.3) is 0 Å². The van der Waals surface area contributed by atoms with Crippen LogP contribution in [0.4, 0.5) is 5.69 Å². The Labute approximate surface area is 113 Å². The molecule has 1 aromatic carbocycles. The third kappa shape index (κ3) is 3.77. The summed E-state index contributed by atoms with van der Waals surface area (Å²) in [5, 5.41) is 11.1. The van der Waals surface area contributed by atoms with Gasteiger partial charge in [0.2, 0.25) is 0 Å². The molecule has 0 aromatic heterocycles. The van der Waals surface area contributed by atoms with Crippen LogP contribution < -0.4 is 0 Å². The maximum atomic E-state index is 12.4. The number of carbonyl (C=O) groups is 1. The molecule has 104 valence electrons. The van der Waals surface area contributed by atoms with Crippen molar-refractivity contribution in [3.63, 3.8) is 0 Å². The van der Waals surface area contributed by atoms with E-state index in [2.05, 4.69) is 0 Å². The van der Waals surface area contributed by atoms with Crippen molar-refractivity contribution in [2.24, 2.45) is 0 Å². The van der Waals surface area contributed by atoms with Gasteiger partial charge in [0.15, 0.2) is 0 Å². The van der Waals surface area contributed by atoms with E-state index in [0.717, 1.165) is 18.4 Å². The van der Waals surface area contributed by atoms with E-state index in [0.29, 0.717) is 13.1 Å². The number of nitrogens with zero attached hydrogens (tertiary/aromatic N) is 2. The van der Waals surface area contributed by atoms with Gasteiger partial charge < -0.3 is 4.90 Å². The van der Waals surface area contributed by atoms with Crippen molar-refractivity contribution in [1.82, 2.24) is 4.90 Å². The molecule has 0 N–H and O–H groups in total. The summed E-state index contributed by atoms with van der Waals surface area (Å²) in [6.45, 7) is 6.99. The van der Waals surface area contributed by atoms with Gasteiger partial charge in [-0.05, 0) is 31.4 Å². The summed E-state index contributed by atoms with van der Waals surface area (Å²) in [6, 6.07) is 4.73. The fourth-order valence-corrected chi connectivity index (χ4v) is 2.00. The smallest absolute Gasteiger partial charge is 0.282 e. The second kappa shape index (κ2) is 6.87. The first-order valence-electron chi connectivity index (χ1n) is 6.55. The zero-order valence-corrected chi connectivity index (χ0v) is 11.7. The van der Waals surface area contributed by atoms with Crippen LogP contribution in [-0.4, -0.2) is 28.8 Å². The summed E-state index contributed by atoms with van der Waals surface area (Å²) < 4.78 is 0. The summed E-state index contributed by atoms with van der Waals surface area (Å²) in [5.41, 5.74) is 0.848. The van der Waals surface area contributed by atoms with Crippen LogP contribution in [0.3, 0.4) is 0 Å². The van der Waals surface area contributed by atoms with E-state index >= 15 is 0 Å². The van der Waals surface area contributed by atoms with E-state index in [1.807, 2.05) is 13.8 Å². The highest BCUT2D eigenvalue weighted by molar-refractivity contribution is 5.98. The Balaban J connectivity index is 3.13. The number of carbonyl (C=O) groups excluding carboxylic acids is 1. The lowest BCUT2D eigenvalue weighted by molar-refractivity contribution is -0.385. The Morgan fingerprint density at radius 1 is 1.26 bits per heavy atom. The topological polar surface area (TPSA) is 63.5 Å². The van der Waals surface area contributed by atoms with Gasteiger partial charge in [-0.2, -0.15) is 0 Å². The first kappa shape index (κ1) is 15.1. The van der Waals surface area contributed by atoms with Crippen LogP contribution in [0.2, 0.25) is 0 Å². The molecule has 1 aromatic rings. The second-order valence-corrected chi connectivity index (χ2v) is 4.57. The third-order valence-corrected chi connectivity index (χ3v) is 2.85. The van der Waals surface area contributed by atoms with Crippen LogP contribution in [0.15, 0.2) is 18.2 Å². The Kier molecular flexibility index (Phi) is 5.48. The number of rotatable bonds is 6. The van der Waals surface area contributed by atoms with Crippen LogP contribution in [0.1, 0.15) is 42.6 Å². The van der Waals surface area contributed by atoms with E-state index < -0.39 is 4.92 Å². The lowest BCUT2D eigenvalue weighted by atomic mass is 10.1. The number of hydrogen-bond donors (Lipinski definition) is 0. The molecule has 19 heavy (non-hydrogen) atoms. The summed E-state index contributed by atoms with van der Waals surface area (Å²) in [7, 11) is 0. The summed E-state index contributed by atoms with van der Waals surface area (Å²) >= 11 is 0. The maximum absolute atomic E-state index is 12.4. The molecule has 0 radical (unpaired) electrons. The predicted molar refractivity (Wildman–Crippen MR) is 74.3 cm³/mol. The van der Waals surface area contributed by atoms with E-state index in [9.17, 15) is 14.9 Å². The van der Waals surface area contributed by atoms with E-state index in [1.54, 1.807) is 24.0 Å². The van der Waals surface area contributed by atoms with Crippen LogP contribution >= 0.6 is 0 Å². The summed E-state index contributed by atoms with van der Waals surface area (Å²) in [5.74, 6) is -0.254. The highest BCUT2D eigenvalue weighted by Gasteiger charge is 2.23. The number of nitro groups is 1. The fourth-order valence-electron chi connectivity index (χ4n) is 2.00. The van der Waals surface area contributed by atoms with E-state index in [4.69, 9.17) is 0 Å². The third-order valence-electron chi connectivity index (χ3n) is 2.85. The Hall–Kier alpha value is -1.91. The molecule has 5 heteroatoms. The van der Waals surface area contributed by atoms with Crippen LogP contribution in [0.5, 0.6) is 0 Å². The van der Waals surface area contributed by atoms with Gasteiger partial charge >= 0.3 is 0 Å². The van der Waals surface area contributed by atoms with E-state index in [-0.39, 0.29) is 17.2 Å². The zero-order valence-electron chi connectivity index (χ0n) is 11.7. The molecule has 1 rings (SSSR count). The van der Waals surface area contributed by atoms with Gasteiger partial charge in [-0.1, -0.05) is 19.9 Å². The van der Waals surface area contributed by atoms with Gasteiger partial charge in [0.25, 0.3) is 11.6 Å². The number of amides is 1. The quantitative estimate of drug-likeness (QED) is 0.585. The summed E-state index contributed by atoms with van der Waals surface area (Å²) in [4.78, 5) is 24.6. The molecule has 0 aliphatic rings. The van der Waals surface area contributed by atoms with Crippen LogP contribution in [-0.2, 0) is 0 Å². The molecule has 0 heterocycles. The highest BCUT2D eigenvalue weighted by Crippen LogP contribution is 2.22. The van der Waals surface area contributed by atoms with Crippen molar-refractivity contribution in [3.8, 4) is 0 Å². The Morgan fingerprint density at radius 3 is 2.32 bits per heavy atom. The van der Waals surface area contributed by atoms with E-state index in [1.165, 1.54) is 6.07 Å². The molecular formula is C14H20N2O3. The van der Waals surface area contributed by atoms with Gasteiger partial charge in [-0.25, -0.2) is 0 Å². The normalized spacial score (nSPS) is 10.3. The number of aryl methyl sites for hydroxylation is 1. The average molecular weight is 264 g/mol. The van der Waals surface area contributed by atoms with Crippen molar-refractivity contribution < 1.29 is 9.72 Å². The maximum Gasteiger partial charge on any atom is 0.282 e. The number of nitro benzene ring substituents is 1. The second-order valence-electron chi connectivity index (χ2n) is 4.57. The van der Waals surface area contributed by atoms with Crippen molar-refractivity contribution >= 4 is 11.6 Å². The average Bonchev–Trinajstić information content (AvgIpc) is 2.37. The molecule has 0 fully saturated rings. The molecule has 0 spiro atoms. The van der Waals surface area contributed by atoms with Gasteiger partial charge in [-0.3, -0.25) is 14.9 Å². The first-order valence-corrected chi connectivity index (χ1v) is 6.55. The Bertz CT molecular complexity index is 466. The van der Waals surface area contributed by atoms with Crippen molar-refractivity contribution in [2.75, 3.05) is 13.1 Å². The monoisotopic (exact) mass is 264 g/mol. The molecular weight excluding hydrogens is 244 g/mol. The standard InChI is InChI=1S/C14H20N2O3/c1-4-8-15(9-5-2)14(17)12-7-6-11(3)10-13(12)16(18)19/h6-7,10H,4-5,8-9H2,1-3H3. The van der Waals surface area contributed by atoms with Crippen molar-refractivity contribution in [2.45, 2.75) is 33.6 Å². The molecule has 0 atom stereocenters. The molecule has 0 saturated heterocycles. The van der Waals surface area contributed by atoms with Crippen molar-refractivity contribution in [3.05, 3.63) is 39.4 Å².